The van der Waals surface area contributed by atoms with E-state index >= 15 is 0 Å². The minimum atomic E-state index is 0.264. The molecule has 0 aromatic heterocycles. The average Bonchev–Trinajstić information content (AvgIpc) is 1.68. The van der Waals surface area contributed by atoms with E-state index in [-0.39, 0.29) is 4.76 Å². The third-order valence-corrected chi connectivity index (χ3v) is 0.928. The minimum Gasteiger partial charge on any atom is -0.421 e. The van der Waals surface area contributed by atoms with Crippen LogP contribution in [0.4, 0.5) is 0 Å². The minimum absolute atomic E-state index is 0.264. The molecule has 0 aliphatic rings. The molecular weight excluding hydrogens is 92.1 g/mol. The summed E-state index contributed by atoms with van der Waals surface area (Å²) in [6.07, 6.45) is 0. The van der Waals surface area contributed by atoms with E-state index in [1.54, 1.807) is 14.2 Å². The first kappa shape index (κ1) is 6.88. The van der Waals surface area contributed by atoms with Crippen molar-refractivity contribution in [3.8, 4) is 0 Å². The summed E-state index contributed by atoms with van der Waals surface area (Å²) in [6, 6.07) is 0. The van der Waals surface area contributed by atoms with Crippen molar-refractivity contribution in [2.45, 2.75) is 0 Å². The normalized spacial score (nSPS) is 12.0. The maximum absolute atomic E-state index is 4.86. The van der Waals surface area contributed by atoms with Crippen molar-refractivity contribution in [1.29, 1.82) is 0 Å². The zero-order valence-corrected chi connectivity index (χ0v) is 5.30. The number of nitrogens with zero attached hydrogens (tertiary/aromatic N) is 2. The van der Waals surface area contributed by atoms with Gasteiger partial charge in [-0.25, -0.2) is 9.59 Å². The molecule has 0 aliphatic carbocycles. The number of hydrogen-bond acceptors (Lipinski definition) is 1. The molecule has 44 valence electrons. The number of hydroxylamine groups is 2. The van der Waals surface area contributed by atoms with Crippen molar-refractivity contribution in [1.82, 2.24) is 0 Å². The SMILES string of the molecule is C[N-][N+](C)(C)OC. The molecule has 0 saturated heterocycles. The molecule has 3 nitrogen and oxygen atoms in total. The quantitative estimate of drug-likeness (QED) is 0.370. The van der Waals surface area contributed by atoms with Gasteiger partial charge in [-0.1, -0.05) is 0 Å². The first-order chi connectivity index (χ1) is 3.12. The summed E-state index contributed by atoms with van der Waals surface area (Å²) in [7, 11) is 7.02. The van der Waals surface area contributed by atoms with Crippen molar-refractivity contribution >= 4 is 0 Å². The van der Waals surface area contributed by atoms with Gasteiger partial charge in [-0.15, -0.1) is 7.05 Å². The fraction of sp³-hybridized carbons (Fsp3) is 1.00. The number of quaternary nitrogens is 1. The molecule has 0 aliphatic heterocycles. The Hall–Kier alpha value is -0.120. The molecule has 0 saturated carbocycles. The van der Waals surface area contributed by atoms with Gasteiger partial charge in [0.15, 0.2) is 0 Å². The van der Waals surface area contributed by atoms with E-state index in [1.165, 1.54) is 0 Å². The molecule has 0 bridgehead atoms. The third kappa shape index (κ3) is 2.56. The van der Waals surface area contributed by atoms with Crippen LogP contribution in [0, 0.1) is 0 Å². The van der Waals surface area contributed by atoms with Crippen LogP contribution in [0.3, 0.4) is 0 Å². The average molecular weight is 104 g/mol. The standard InChI is InChI=1S/C4H12N2O/c1-5-6(2,3)7-4/h1-4H3. The summed E-state index contributed by atoms with van der Waals surface area (Å²) in [5.74, 6) is 0. The Morgan fingerprint density at radius 3 is 1.86 bits per heavy atom. The van der Waals surface area contributed by atoms with Gasteiger partial charge in [0.05, 0.1) is 21.2 Å². The molecule has 3 heteroatoms. The lowest BCUT2D eigenvalue weighted by Gasteiger charge is -2.34. The van der Waals surface area contributed by atoms with Crippen LogP contribution in [0.5, 0.6) is 0 Å². The summed E-state index contributed by atoms with van der Waals surface area (Å²) in [6.45, 7) is 0. The van der Waals surface area contributed by atoms with Gasteiger partial charge in [-0.2, -0.15) is 0 Å². The molecule has 0 amide bonds. The van der Waals surface area contributed by atoms with Gasteiger partial charge in [0, 0.05) is 0 Å². The van der Waals surface area contributed by atoms with E-state index in [0.29, 0.717) is 0 Å². The molecule has 0 atom stereocenters. The molecule has 0 N–H and O–H groups in total. The van der Waals surface area contributed by atoms with Crippen molar-refractivity contribution in [2.24, 2.45) is 0 Å². The molecule has 0 unspecified atom stereocenters. The lowest BCUT2D eigenvalue weighted by Crippen LogP contribution is -2.32. The van der Waals surface area contributed by atoms with Crippen molar-refractivity contribution in [3.63, 3.8) is 0 Å². The van der Waals surface area contributed by atoms with E-state index in [1.807, 2.05) is 14.1 Å². The summed E-state index contributed by atoms with van der Waals surface area (Å²) in [4.78, 5) is 4.86. The Balaban J connectivity index is 3.36. The molecular formula is C4H12N2O. The second-order valence-electron chi connectivity index (χ2n) is 1.68. The van der Waals surface area contributed by atoms with E-state index in [2.05, 4.69) is 5.43 Å². The molecule has 7 heavy (non-hydrogen) atoms. The Bertz CT molecular complexity index is 47.7. The van der Waals surface area contributed by atoms with Crippen molar-refractivity contribution < 1.29 is 9.59 Å². The van der Waals surface area contributed by atoms with Gasteiger partial charge in [-0.3, -0.25) is 0 Å². The summed E-state index contributed by atoms with van der Waals surface area (Å²) in [5.41, 5.74) is 3.85. The number of hydrogen-bond donors (Lipinski definition) is 0. The largest absolute Gasteiger partial charge is 0.421 e. The first-order valence-corrected chi connectivity index (χ1v) is 2.13. The molecule has 0 radical (unpaired) electrons. The van der Waals surface area contributed by atoms with E-state index in [4.69, 9.17) is 4.84 Å². The highest BCUT2D eigenvalue weighted by Gasteiger charge is 1.96. The summed E-state index contributed by atoms with van der Waals surface area (Å²) in [5, 5.41) is 0. The van der Waals surface area contributed by atoms with Gasteiger partial charge in [0.1, 0.15) is 0 Å². The van der Waals surface area contributed by atoms with Crippen LogP contribution in [0.15, 0.2) is 0 Å². The van der Waals surface area contributed by atoms with Crippen molar-refractivity contribution in [3.05, 3.63) is 5.43 Å². The first-order valence-electron chi connectivity index (χ1n) is 2.13. The molecule has 0 rings (SSSR count). The maximum atomic E-state index is 4.86. The molecule has 0 aromatic rings. The lowest BCUT2D eigenvalue weighted by molar-refractivity contribution is -1.04. The third-order valence-electron chi connectivity index (χ3n) is 0.928. The van der Waals surface area contributed by atoms with Crippen LogP contribution < -0.4 is 0 Å². The highest BCUT2D eigenvalue weighted by Crippen LogP contribution is 2.00. The van der Waals surface area contributed by atoms with Gasteiger partial charge >= 0.3 is 0 Å². The monoisotopic (exact) mass is 104 g/mol. The van der Waals surface area contributed by atoms with E-state index < -0.39 is 0 Å². The smallest absolute Gasteiger partial charge is 0.0945 e. The fourth-order valence-corrected chi connectivity index (χ4v) is 0.0816. The molecule has 0 spiro atoms. The van der Waals surface area contributed by atoms with Crippen LogP contribution in [0.25, 0.3) is 5.43 Å². The molecule has 0 heterocycles. The molecule has 0 aromatic carbocycles. The zero-order valence-electron chi connectivity index (χ0n) is 5.30. The van der Waals surface area contributed by atoms with E-state index in [9.17, 15) is 0 Å². The van der Waals surface area contributed by atoms with Crippen LogP contribution in [-0.4, -0.2) is 33.0 Å². The van der Waals surface area contributed by atoms with E-state index in [0.717, 1.165) is 0 Å². The topological polar surface area (TPSA) is 23.3 Å². The number of rotatable bonds is 2. The second-order valence-corrected chi connectivity index (χ2v) is 1.68. The fourth-order valence-electron chi connectivity index (χ4n) is 0.0816. The lowest BCUT2D eigenvalue weighted by atomic mass is 11.1. The predicted octanol–water partition coefficient (Wildman–Crippen LogP) is 0.543. The Morgan fingerprint density at radius 2 is 1.86 bits per heavy atom. The Labute approximate surface area is 44.4 Å². The highest BCUT2D eigenvalue weighted by molar-refractivity contribution is 4.38. The Morgan fingerprint density at radius 1 is 1.43 bits per heavy atom. The van der Waals surface area contributed by atoms with Gasteiger partial charge in [0.2, 0.25) is 0 Å². The van der Waals surface area contributed by atoms with Gasteiger partial charge < -0.3 is 5.43 Å². The Kier molecular flexibility index (Phi) is 2.22. The second kappa shape index (κ2) is 2.26. The molecule has 0 fully saturated rings. The van der Waals surface area contributed by atoms with Crippen LogP contribution >= 0.6 is 0 Å². The summed E-state index contributed by atoms with van der Waals surface area (Å²) < 4.78 is 0.264. The van der Waals surface area contributed by atoms with Crippen LogP contribution in [0.1, 0.15) is 0 Å². The maximum Gasteiger partial charge on any atom is 0.0945 e. The zero-order chi connectivity index (χ0) is 5.91. The van der Waals surface area contributed by atoms with Gasteiger partial charge in [0.25, 0.3) is 0 Å². The van der Waals surface area contributed by atoms with Crippen LogP contribution in [-0.2, 0) is 4.84 Å². The predicted molar refractivity (Wildman–Crippen MR) is 28.4 cm³/mol. The van der Waals surface area contributed by atoms with Gasteiger partial charge in [-0.05, 0) is 0 Å². The summed E-state index contributed by atoms with van der Waals surface area (Å²) >= 11 is 0. The van der Waals surface area contributed by atoms with Crippen LogP contribution in [0.2, 0.25) is 0 Å². The van der Waals surface area contributed by atoms with Crippen molar-refractivity contribution in [2.75, 3.05) is 28.3 Å². The highest BCUT2D eigenvalue weighted by atomic mass is 16.7.